The zero-order valence-electron chi connectivity index (χ0n) is 9.73. The summed E-state index contributed by atoms with van der Waals surface area (Å²) >= 11 is 0. The van der Waals surface area contributed by atoms with Crippen molar-refractivity contribution in [2.45, 2.75) is 19.3 Å². The van der Waals surface area contributed by atoms with Gasteiger partial charge in [-0.3, -0.25) is 9.59 Å². The van der Waals surface area contributed by atoms with E-state index < -0.39 is 0 Å². The highest BCUT2D eigenvalue weighted by atomic mass is 16.5. The molecule has 1 aliphatic rings. The fraction of sp³-hybridized carbons (Fsp3) is 0.286. The number of benzene rings is 1. The molecule has 3 nitrogen and oxygen atoms in total. The highest BCUT2D eigenvalue weighted by molar-refractivity contribution is 6.00. The van der Waals surface area contributed by atoms with E-state index in [4.69, 9.17) is 0 Å². The summed E-state index contributed by atoms with van der Waals surface area (Å²) in [7, 11) is 1.37. The Bertz CT molecular complexity index is 486. The van der Waals surface area contributed by atoms with Crippen LogP contribution in [0.2, 0.25) is 0 Å². The molecule has 0 saturated heterocycles. The molecule has 88 valence electrons. The summed E-state index contributed by atoms with van der Waals surface area (Å²) in [5, 5.41) is 0. The Morgan fingerprint density at radius 1 is 1.41 bits per heavy atom. The van der Waals surface area contributed by atoms with Crippen LogP contribution < -0.4 is 0 Å². The van der Waals surface area contributed by atoms with Gasteiger partial charge in [0.15, 0.2) is 5.78 Å². The average Bonchev–Trinajstić information content (AvgIpc) is 2.70. The van der Waals surface area contributed by atoms with Gasteiger partial charge in [-0.05, 0) is 17.5 Å². The monoisotopic (exact) mass is 230 g/mol. The minimum atomic E-state index is -0.252. The molecule has 0 spiro atoms. The lowest BCUT2D eigenvalue weighted by molar-refractivity contribution is -0.139. The molecule has 1 aromatic rings. The Hall–Kier alpha value is -1.90. The summed E-state index contributed by atoms with van der Waals surface area (Å²) in [4.78, 5) is 22.4. The van der Waals surface area contributed by atoms with Crippen LogP contribution in [-0.2, 0) is 16.0 Å². The highest BCUT2D eigenvalue weighted by Gasteiger charge is 2.18. The van der Waals surface area contributed by atoms with Gasteiger partial charge in [-0.2, -0.15) is 0 Å². The molecule has 0 heterocycles. The van der Waals surface area contributed by atoms with Crippen molar-refractivity contribution in [1.29, 1.82) is 0 Å². The van der Waals surface area contributed by atoms with Crippen molar-refractivity contribution >= 4 is 17.8 Å². The summed E-state index contributed by atoms with van der Waals surface area (Å²) in [6.07, 6.45) is 5.36. The Morgan fingerprint density at radius 2 is 2.24 bits per heavy atom. The average molecular weight is 230 g/mol. The molecule has 3 heteroatoms. The van der Waals surface area contributed by atoms with Gasteiger partial charge >= 0.3 is 5.97 Å². The van der Waals surface area contributed by atoms with Crippen LogP contribution >= 0.6 is 0 Å². The minimum absolute atomic E-state index is 0.227. The van der Waals surface area contributed by atoms with Gasteiger partial charge in [-0.1, -0.05) is 30.4 Å². The number of hydrogen-bond acceptors (Lipinski definition) is 3. The van der Waals surface area contributed by atoms with E-state index in [0.717, 1.165) is 23.1 Å². The van der Waals surface area contributed by atoms with Gasteiger partial charge in [0.25, 0.3) is 0 Å². The largest absolute Gasteiger partial charge is 0.469 e. The zero-order chi connectivity index (χ0) is 12.3. The van der Waals surface area contributed by atoms with Crippen molar-refractivity contribution in [2.75, 3.05) is 7.11 Å². The van der Waals surface area contributed by atoms with Crippen LogP contribution in [0.15, 0.2) is 24.3 Å². The van der Waals surface area contributed by atoms with Crippen LogP contribution in [0.3, 0.4) is 0 Å². The van der Waals surface area contributed by atoms with Crippen molar-refractivity contribution in [1.82, 2.24) is 0 Å². The van der Waals surface area contributed by atoms with Crippen molar-refractivity contribution < 1.29 is 14.3 Å². The quantitative estimate of drug-likeness (QED) is 0.749. The van der Waals surface area contributed by atoms with Crippen molar-refractivity contribution in [3.8, 4) is 0 Å². The number of esters is 1. The maximum atomic E-state index is 11.4. The third-order valence-corrected chi connectivity index (χ3v) is 2.87. The maximum absolute atomic E-state index is 11.4. The fourth-order valence-corrected chi connectivity index (χ4v) is 1.95. The zero-order valence-corrected chi connectivity index (χ0v) is 9.73. The van der Waals surface area contributed by atoms with Crippen LogP contribution in [0.1, 0.15) is 34.3 Å². The molecule has 0 saturated carbocycles. The second kappa shape index (κ2) is 4.95. The Balaban J connectivity index is 2.08. The molecule has 0 bridgehead atoms. The van der Waals surface area contributed by atoms with E-state index in [2.05, 4.69) is 4.74 Å². The number of fused-ring (bicyclic) bond motifs is 1. The second-order valence-corrected chi connectivity index (χ2v) is 4.02. The molecule has 0 unspecified atom stereocenters. The van der Waals surface area contributed by atoms with E-state index in [1.807, 2.05) is 24.3 Å². The maximum Gasteiger partial charge on any atom is 0.309 e. The number of methoxy groups -OCH3 is 1. The van der Waals surface area contributed by atoms with Crippen LogP contribution in [0.25, 0.3) is 6.08 Å². The van der Waals surface area contributed by atoms with Crippen LogP contribution in [0, 0.1) is 0 Å². The number of aryl methyl sites for hydroxylation is 1. The minimum Gasteiger partial charge on any atom is -0.469 e. The Morgan fingerprint density at radius 3 is 3.00 bits per heavy atom. The van der Waals surface area contributed by atoms with Gasteiger partial charge in [0.2, 0.25) is 0 Å². The molecule has 0 fully saturated rings. The summed E-state index contributed by atoms with van der Waals surface area (Å²) in [6.45, 7) is 0. The molecule has 0 N–H and O–H groups in total. The van der Waals surface area contributed by atoms with Gasteiger partial charge in [-0.25, -0.2) is 0 Å². The predicted molar refractivity (Wildman–Crippen MR) is 64.8 cm³/mol. The van der Waals surface area contributed by atoms with Crippen molar-refractivity contribution in [3.63, 3.8) is 0 Å². The third kappa shape index (κ3) is 2.61. The lowest BCUT2D eigenvalue weighted by Gasteiger charge is -1.99. The molecular formula is C14H14O3. The molecule has 0 atom stereocenters. The molecular weight excluding hydrogens is 216 g/mol. The first-order valence-electron chi connectivity index (χ1n) is 5.60. The molecule has 0 radical (unpaired) electrons. The third-order valence-electron chi connectivity index (χ3n) is 2.87. The van der Waals surface area contributed by atoms with E-state index in [1.54, 1.807) is 6.08 Å². The SMILES string of the molecule is COC(=O)CC=Cc1ccc2c(c1)CCC2=O. The first-order valence-corrected chi connectivity index (χ1v) is 5.60. The second-order valence-electron chi connectivity index (χ2n) is 4.02. The number of ether oxygens (including phenoxy) is 1. The summed E-state index contributed by atoms with van der Waals surface area (Å²) < 4.78 is 4.54. The normalized spacial score (nSPS) is 14.1. The molecule has 0 aromatic heterocycles. The van der Waals surface area contributed by atoms with Gasteiger partial charge in [0.05, 0.1) is 13.5 Å². The van der Waals surface area contributed by atoms with Crippen LogP contribution in [0.5, 0.6) is 0 Å². The van der Waals surface area contributed by atoms with Crippen LogP contribution in [-0.4, -0.2) is 18.9 Å². The number of carbonyl (C=O) groups is 2. The number of Topliss-reactive ketones (excluding diaryl/α,β-unsaturated/α-hetero) is 1. The molecule has 1 aliphatic carbocycles. The topological polar surface area (TPSA) is 43.4 Å². The number of ketones is 1. The Kier molecular flexibility index (Phi) is 3.38. The summed E-state index contributed by atoms with van der Waals surface area (Å²) in [5.74, 6) is -0.0253. The fourth-order valence-electron chi connectivity index (χ4n) is 1.95. The van der Waals surface area contributed by atoms with Crippen molar-refractivity contribution in [3.05, 3.63) is 41.0 Å². The van der Waals surface area contributed by atoms with E-state index in [1.165, 1.54) is 7.11 Å². The molecule has 0 aliphatic heterocycles. The predicted octanol–water partition coefficient (Wildman–Crippen LogP) is 2.39. The van der Waals surface area contributed by atoms with E-state index >= 15 is 0 Å². The lowest BCUT2D eigenvalue weighted by Crippen LogP contribution is -1.96. The van der Waals surface area contributed by atoms with Gasteiger partial charge in [0, 0.05) is 12.0 Å². The first kappa shape index (κ1) is 11.6. The van der Waals surface area contributed by atoms with Gasteiger partial charge in [0.1, 0.15) is 0 Å². The smallest absolute Gasteiger partial charge is 0.309 e. The number of rotatable bonds is 3. The van der Waals surface area contributed by atoms with E-state index in [9.17, 15) is 9.59 Å². The van der Waals surface area contributed by atoms with E-state index in [0.29, 0.717) is 6.42 Å². The summed E-state index contributed by atoms with van der Waals surface area (Å²) in [5.41, 5.74) is 2.97. The molecule has 17 heavy (non-hydrogen) atoms. The van der Waals surface area contributed by atoms with Crippen LogP contribution in [0.4, 0.5) is 0 Å². The number of carbonyl (C=O) groups excluding carboxylic acids is 2. The highest BCUT2D eigenvalue weighted by Crippen LogP contribution is 2.23. The molecule has 0 amide bonds. The van der Waals surface area contributed by atoms with Crippen molar-refractivity contribution in [2.24, 2.45) is 0 Å². The number of hydrogen-bond donors (Lipinski definition) is 0. The summed E-state index contributed by atoms with van der Waals surface area (Å²) in [6, 6.07) is 5.77. The van der Waals surface area contributed by atoms with Gasteiger partial charge < -0.3 is 4.74 Å². The molecule has 1 aromatic carbocycles. The molecule has 2 rings (SSSR count). The lowest BCUT2D eigenvalue weighted by atomic mass is 10.1. The standard InChI is InChI=1S/C14H14O3/c1-17-14(16)4-2-3-10-5-7-12-11(9-10)6-8-13(12)15/h2-3,5,7,9H,4,6,8H2,1H3. The Labute approximate surface area is 100 Å². The first-order chi connectivity index (χ1) is 8.20. The van der Waals surface area contributed by atoms with E-state index in [-0.39, 0.29) is 18.2 Å². The van der Waals surface area contributed by atoms with Gasteiger partial charge in [-0.15, -0.1) is 0 Å².